The number of nitriles is 1. The Labute approximate surface area is 78.8 Å². The van der Waals surface area contributed by atoms with Crippen LogP contribution in [0.1, 0.15) is 20.4 Å². The number of hydrogen-bond acceptors (Lipinski definition) is 6. The Kier molecular flexibility index (Phi) is 2.95. The van der Waals surface area contributed by atoms with Crippen molar-refractivity contribution in [3.8, 4) is 6.07 Å². The summed E-state index contributed by atoms with van der Waals surface area (Å²) in [5, 5.41) is 9.20. The van der Waals surface area contributed by atoms with Crippen molar-refractivity contribution in [2.24, 2.45) is 5.73 Å². The number of nitrogens with two attached hydrogens (primary N) is 1. The normalized spacial score (nSPS) is 9.31. The molecule has 1 rings (SSSR count). The molecule has 68 valence electrons. The Morgan fingerprint density at radius 1 is 1.85 bits per heavy atom. The minimum Gasteiger partial charge on any atom is -0.464 e. The van der Waals surface area contributed by atoms with Gasteiger partial charge in [-0.2, -0.15) is 5.26 Å². The number of carbonyl (C=O) groups is 1. The molecule has 1 heterocycles. The molecule has 0 aliphatic rings. The summed E-state index contributed by atoms with van der Waals surface area (Å²) < 4.78 is 4.45. The predicted molar refractivity (Wildman–Crippen MR) is 46.1 cm³/mol. The molecule has 0 unspecified atom stereocenters. The highest BCUT2D eigenvalue weighted by Gasteiger charge is 2.17. The zero-order valence-electron chi connectivity index (χ0n) is 6.90. The van der Waals surface area contributed by atoms with Crippen molar-refractivity contribution < 1.29 is 9.53 Å². The average molecular weight is 197 g/mol. The van der Waals surface area contributed by atoms with Gasteiger partial charge in [-0.05, 0) is 0 Å². The van der Waals surface area contributed by atoms with E-state index in [1.54, 1.807) is 0 Å². The lowest BCUT2D eigenvalue weighted by Gasteiger charge is -1.92. The standard InChI is InChI=1S/C7H7N3O2S/c1-12-7(11)6-4(2-8)13-5(3-9)10-6/h3,9H2,1H3. The second-order valence-corrected chi connectivity index (χ2v) is 3.18. The van der Waals surface area contributed by atoms with Gasteiger partial charge in [-0.25, -0.2) is 9.78 Å². The Morgan fingerprint density at radius 3 is 3.00 bits per heavy atom. The molecule has 0 spiro atoms. The Morgan fingerprint density at radius 2 is 2.54 bits per heavy atom. The highest BCUT2D eigenvalue weighted by molar-refractivity contribution is 7.12. The summed E-state index contributed by atoms with van der Waals surface area (Å²) in [5.41, 5.74) is 5.37. The summed E-state index contributed by atoms with van der Waals surface area (Å²) in [4.78, 5) is 15.2. The van der Waals surface area contributed by atoms with E-state index in [2.05, 4.69) is 9.72 Å². The first kappa shape index (κ1) is 9.64. The number of thiazole rings is 1. The van der Waals surface area contributed by atoms with Gasteiger partial charge in [0, 0.05) is 6.54 Å². The van der Waals surface area contributed by atoms with Crippen LogP contribution in [-0.4, -0.2) is 18.1 Å². The molecule has 5 nitrogen and oxygen atoms in total. The monoisotopic (exact) mass is 197 g/mol. The van der Waals surface area contributed by atoms with Crippen LogP contribution in [0.4, 0.5) is 0 Å². The quantitative estimate of drug-likeness (QED) is 0.687. The third-order valence-electron chi connectivity index (χ3n) is 1.33. The third kappa shape index (κ3) is 1.83. The summed E-state index contributed by atoms with van der Waals surface area (Å²) in [6.45, 7) is 0.219. The van der Waals surface area contributed by atoms with Crippen LogP contribution in [0.3, 0.4) is 0 Å². The summed E-state index contributed by atoms with van der Waals surface area (Å²) in [6.07, 6.45) is 0. The summed E-state index contributed by atoms with van der Waals surface area (Å²) >= 11 is 1.11. The van der Waals surface area contributed by atoms with Crippen molar-refractivity contribution in [1.82, 2.24) is 4.98 Å². The third-order valence-corrected chi connectivity index (χ3v) is 2.31. The molecule has 0 aliphatic carbocycles. The Balaban J connectivity index is 3.13. The van der Waals surface area contributed by atoms with Gasteiger partial charge in [0.15, 0.2) is 5.69 Å². The van der Waals surface area contributed by atoms with Crippen LogP contribution in [0.5, 0.6) is 0 Å². The second kappa shape index (κ2) is 3.98. The van der Waals surface area contributed by atoms with Crippen LogP contribution in [0, 0.1) is 11.3 Å². The van der Waals surface area contributed by atoms with E-state index in [9.17, 15) is 4.79 Å². The van der Waals surface area contributed by atoms with Crippen LogP contribution < -0.4 is 5.73 Å². The number of ether oxygens (including phenoxy) is 1. The molecule has 0 amide bonds. The van der Waals surface area contributed by atoms with Gasteiger partial charge >= 0.3 is 5.97 Å². The maximum atomic E-state index is 11.1. The first-order valence-electron chi connectivity index (χ1n) is 3.41. The summed E-state index contributed by atoms with van der Waals surface area (Å²) in [6, 6.07) is 1.87. The van der Waals surface area contributed by atoms with Crippen molar-refractivity contribution >= 4 is 17.3 Å². The van der Waals surface area contributed by atoms with Crippen LogP contribution >= 0.6 is 11.3 Å². The molecule has 0 saturated heterocycles. The van der Waals surface area contributed by atoms with E-state index in [-0.39, 0.29) is 17.1 Å². The van der Waals surface area contributed by atoms with E-state index in [1.165, 1.54) is 7.11 Å². The highest BCUT2D eigenvalue weighted by atomic mass is 32.1. The molecular weight excluding hydrogens is 190 g/mol. The molecule has 0 bridgehead atoms. The van der Waals surface area contributed by atoms with E-state index >= 15 is 0 Å². The number of esters is 1. The van der Waals surface area contributed by atoms with Gasteiger partial charge < -0.3 is 10.5 Å². The van der Waals surface area contributed by atoms with E-state index in [0.29, 0.717) is 5.01 Å². The Bertz CT molecular complexity index is 366. The topological polar surface area (TPSA) is 89.0 Å². The number of nitrogens with zero attached hydrogens (tertiary/aromatic N) is 2. The molecule has 0 saturated carbocycles. The summed E-state index contributed by atoms with van der Waals surface area (Å²) in [5.74, 6) is -0.604. The van der Waals surface area contributed by atoms with Crippen molar-refractivity contribution in [2.75, 3.05) is 7.11 Å². The van der Waals surface area contributed by atoms with E-state index in [4.69, 9.17) is 11.0 Å². The highest BCUT2D eigenvalue weighted by Crippen LogP contribution is 2.17. The SMILES string of the molecule is COC(=O)c1nc(CN)sc1C#N. The van der Waals surface area contributed by atoms with E-state index in [1.807, 2.05) is 6.07 Å². The second-order valence-electron chi connectivity index (χ2n) is 2.09. The largest absolute Gasteiger partial charge is 0.464 e. The number of methoxy groups -OCH3 is 1. The smallest absolute Gasteiger partial charge is 0.358 e. The fourth-order valence-corrected chi connectivity index (χ4v) is 1.49. The molecule has 0 radical (unpaired) electrons. The molecule has 0 aliphatic heterocycles. The number of carbonyl (C=O) groups excluding carboxylic acids is 1. The zero-order chi connectivity index (χ0) is 9.84. The van der Waals surface area contributed by atoms with Gasteiger partial charge in [0.05, 0.1) is 7.11 Å². The van der Waals surface area contributed by atoms with Gasteiger partial charge in [-0.1, -0.05) is 0 Å². The molecule has 6 heteroatoms. The lowest BCUT2D eigenvalue weighted by molar-refractivity contribution is 0.0594. The fourth-order valence-electron chi connectivity index (χ4n) is 0.763. The predicted octanol–water partition coefficient (Wildman–Crippen LogP) is 0.260. The fraction of sp³-hybridized carbons (Fsp3) is 0.286. The van der Waals surface area contributed by atoms with Crippen LogP contribution in [0.2, 0.25) is 0 Å². The summed E-state index contributed by atoms with van der Waals surface area (Å²) in [7, 11) is 1.24. The molecular formula is C7H7N3O2S. The zero-order valence-corrected chi connectivity index (χ0v) is 7.72. The average Bonchev–Trinajstić information content (AvgIpc) is 2.59. The number of hydrogen-bond donors (Lipinski definition) is 1. The molecule has 1 aromatic heterocycles. The van der Waals surface area contributed by atoms with Gasteiger partial charge in [-0.15, -0.1) is 11.3 Å². The van der Waals surface area contributed by atoms with Crippen molar-refractivity contribution in [1.29, 1.82) is 5.26 Å². The molecule has 0 fully saturated rings. The maximum absolute atomic E-state index is 11.1. The lowest BCUT2D eigenvalue weighted by atomic mass is 10.4. The van der Waals surface area contributed by atoms with Gasteiger partial charge in [0.25, 0.3) is 0 Å². The lowest BCUT2D eigenvalue weighted by Crippen LogP contribution is -2.04. The molecule has 0 atom stereocenters. The van der Waals surface area contributed by atoms with Gasteiger partial charge in [-0.3, -0.25) is 0 Å². The minimum absolute atomic E-state index is 0.0513. The van der Waals surface area contributed by atoms with Gasteiger partial charge in [0.1, 0.15) is 16.0 Å². The molecule has 0 aromatic carbocycles. The molecule has 13 heavy (non-hydrogen) atoms. The van der Waals surface area contributed by atoms with Crippen molar-refractivity contribution in [3.05, 3.63) is 15.6 Å². The van der Waals surface area contributed by atoms with Crippen LogP contribution in [0.15, 0.2) is 0 Å². The minimum atomic E-state index is -0.604. The van der Waals surface area contributed by atoms with Crippen LogP contribution in [0.25, 0.3) is 0 Å². The maximum Gasteiger partial charge on any atom is 0.358 e. The van der Waals surface area contributed by atoms with Crippen molar-refractivity contribution in [2.45, 2.75) is 6.54 Å². The number of rotatable bonds is 2. The molecule has 1 aromatic rings. The van der Waals surface area contributed by atoms with E-state index < -0.39 is 5.97 Å². The number of aromatic nitrogens is 1. The van der Waals surface area contributed by atoms with Crippen molar-refractivity contribution in [3.63, 3.8) is 0 Å². The Hall–Kier alpha value is -1.45. The first-order valence-corrected chi connectivity index (χ1v) is 4.22. The van der Waals surface area contributed by atoms with Crippen LogP contribution in [-0.2, 0) is 11.3 Å². The van der Waals surface area contributed by atoms with E-state index in [0.717, 1.165) is 11.3 Å². The first-order chi connectivity index (χ1) is 6.22. The van der Waals surface area contributed by atoms with Gasteiger partial charge in [0.2, 0.25) is 0 Å². The molecule has 2 N–H and O–H groups in total.